The van der Waals surface area contributed by atoms with Gasteiger partial charge in [0.1, 0.15) is 11.5 Å². The van der Waals surface area contributed by atoms with Gasteiger partial charge in [-0.05, 0) is 112 Å². The van der Waals surface area contributed by atoms with E-state index in [1.54, 1.807) is 0 Å². The molecule has 0 atom stereocenters. The van der Waals surface area contributed by atoms with Crippen molar-refractivity contribution in [2.75, 3.05) is 0 Å². The molecular formula is C39H35N3O. The van der Waals surface area contributed by atoms with Crippen LogP contribution in [0.1, 0.15) is 33.6 Å². The Morgan fingerprint density at radius 2 is 1.26 bits per heavy atom. The zero-order valence-corrected chi connectivity index (χ0v) is 25.6. The number of para-hydroxylation sites is 1. The summed E-state index contributed by atoms with van der Waals surface area (Å²) in [4.78, 5) is 0. The molecule has 5 aromatic carbocycles. The van der Waals surface area contributed by atoms with Crippen LogP contribution >= 0.6 is 0 Å². The molecule has 0 N–H and O–H groups in total. The predicted molar refractivity (Wildman–Crippen MR) is 178 cm³/mol. The summed E-state index contributed by atoms with van der Waals surface area (Å²) in [5.74, 6) is 1.58. The van der Waals surface area contributed by atoms with Gasteiger partial charge in [0.05, 0.1) is 22.4 Å². The molecule has 2 aromatic heterocycles. The average molecular weight is 562 g/mol. The highest BCUT2D eigenvalue weighted by Gasteiger charge is 2.19. The molecule has 7 rings (SSSR count). The van der Waals surface area contributed by atoms with E-state index in [4.69, 9.17) is 9.84 Å². The van der Waals surface area contributed by atoms with Crippen molar-refractivity contribution in [2.45, 2.75) is 41.5 Å². The Morgan fingerprint density at radius 1 is 0.535 bits per heavy atom. The zero-order chi connectivity index (χ0) is 29.8. The van der Waals surface area contributed by atoms with Gasteiger partial charge in [-0.2, -0.15) is 5.10 Å². The second kappa shape index (κ2) is 10.3. The molecule has 0 aliphatic carbocycles. The van der Waals surface area contributed by atoms with Crippen LogP contribution < -0.4 is 4.74 Å². The van der Waals surface area contributed by atoms with Crippen molar-refractivity contribution in [2.24, 2.45) is 0 Å². The topological polar surface area (TPSA) is 32.0 Å². The smallest absolute Gasteiger partial charge is 0.129 e. The van der Waals surface area contributed by atoms with Gasteiger partial charge in [-0.15, -0.1) is 0 Å². The summed E-state index contributed by atoms with van der Waals surface area (Å²) in [6, 6.07) is 36.4. The standard InChI is InChI=1S/C39H35N3O/c1-24-11-9-14-30(19-24)41-36-16-8-7-15-34(36)35-18-17-32(23-37(35)41)43-33-21-25(2)20-31(22-33)42-29(6)39(28(5)40-42)38-26(3)12-10-13-27(38)4/h7-23H,1-6H3. The third kappa shape index (κ3) is 4.60. The molecule has 0 unspecified atom stereocenters. The number of ether oxygens (including phenoxy) is 1. The molecule has 0 fully saturated rings. The Labute approximate surface area is 252 Å². The van der Waals surface area contributed by atoms with Crippen LogP contribution in [0.15, 0.2) is 103 Å². The first-order valence-electron chi connectivity index (χ1n) is 14.8. The van der Waals surface area contributed by atoms with E-state index in [9.17, 15) is 0 Å². The summed E-state index contributed by atoms with van der Waals surface area (Å²) in [5, 5.41) is 7.44. The van der Waals surface area contributed by atoms with Crippen LogP contribution in [-0.4, -0.2) is 14.3 Å². The maximum atomic E-state index is 6.59. The number of aromatic nitrogens is 3. The van der Waals surface area contributed by atoms with Gasteiger partial charge >= 0.3 is 0 Å². The third-order valence-corrected chi connectivity index (χ3v) is 8.44. The fourth-order valence-corrected chi connectivity index (χ4v) is 6.57. The lowest BCUT2D eigenvalue weighted by molar-refractivity contribution is 0.482. The number of fused-ring (bicyclic) bond motifs is 3. The van der Waals surface area contributed by atoms with Gasteiger partial charge in [0.25, 0.3) is 0 Å². The average Bonchev–Trinajstić information content (AvgIpc) is 3.46. The lowest BCUT2D eigenvalue weighted by atomic mass is 9.94. The largest absolute Gasteiger partial charge is 0.457 e. The van der Waals surface area contributed by atoms with Gasteiger partial charge in [-0.1, -0.05) is 48.5 Å². The van der Waals surface area contributed by atoms with Crippen molar-refractivity contribution in [1.29, 1.82) is 0 Å². The van der Waals surface area contributed by atoms with Crippen LogP contribution in [0.25, 0.3) is 44.3 Å². The van der Waals surface area contributed by atoms with E-state index in [0.29, 0.717) is 0 Å². The highest BCUT2D eigenvalue weighted by Crippen LogP contribution is 2.37. The summed E-state index contributed by atoms with van der Waals surface area (Å²) in [5.41, 5.74) is 13.9. The lowest BCUT2D eigenvalue weighted by Crippen LogP contribution is -2.01. The molecule has 4 nitrogen and oxygen atoms in total. The normalized spacial score (nSPS) is 11.5. The fourth-order valence-electron chi connectivity index (χ4n) is 6.57. The Hall–Kier alpha value is -5.09. The molecule has 43 heavy (non-hydrogen) atoms. The van der Waals surface area contributed by atoms with Gasteiger partial charge in [-0.3, -0.25) is 0 Å². The Balaban J connectivity index is 1.31. The first kappa shape index (κ1) is 26.8. The number of aryl methyl sites for hydroxylation is 5. The van der Waals surface area contributed by atoms with E-state index in [2.05, 4.69) is 154 Å². The van der Waals surface area contributed by atoms with Crippen molar-refractivity contribution in [1.82, 2.24) is 14.3 Å². The SMILES string of the molecule is Cc1cc(Oc2ccc3c4ccccc4n(-c4cccc(C)c4)c3c2)cc(-n2nc(C)c(-c3c(C)cccc3C)c2C)c1. The Kier molecular flexibility index (Phi) is 6.43. The molecule has 0 spiro atoms. The van der Waals surface area contributed by atoms with Crippen LogP contribution in [0.2, 0.25) is 0 Å². The van der Waals surface area contributed by atoms with Crippen molar-refractivity contribution in [3.63, 3.8) is 0 Å². The number of hydrogen-bond acceptors (Lipinski definition) is 2. The van der Waals surface area contributed by atoms with E-state index < -0.39 is 0 Å². The van der Waals surface area contributed by atoms with Crippen LogP contribution in [0, 0.1) is 41.5 Å². The summed E-state index contributed by atoms with van der Waals surface area (Å²) in [6.07, 6.45) is 0. The Bertz CT molecular complexity index is 2160. The highest BCUT2D eigenvalue weighted by molar-refractivity contribution is 6.09. The highest BCUT2D eigenvalue weighted by atomic mass is 16.5. The van der Waals surface area contributed by atoms with Crippen molar-refractivity contribution in [3.05, 3.63) is 137 Å². The van der Waals surface area contributed by atoms with Crippen LogP contribution in [0.4, 0.5) is 0 Å². The molecule has 0 bridgehead atoms. The maximum absolute atomic E-state index is 6.59. The minimum atomic E-state index is 0.786. The summed E-state index contributed by atoms with van der Waals surface area (Å²) >= 11 is 0. The molecule has 4 heteroatoms. The number of rotatable bonds is 5. The fraction of sp³-hybridized carbons (Fsp3) is 0.154. The number of nitrogens with zero attached hydrogens (tertiary/aromatic N) is 3. The number of benzene rings is 5. The molecule has 7 aromatic rings. The maximum Gasteiger partial charge on any atom is 0.129 e. The van der Waals surface area contributed by atoms with E-state index >= 15 is 0 Å². The summed E-state index contributed by atoms with van der Waals surface area (Å²) in [7, 11) is 0. The van der Waals surface area contributed by atoms with Crippen LogP contribution in [0.5, 0.6) is 11.5 Å². The molecular weight excluding hydrogens is 526 g/mol. The second-order valence-corrected chi connectivity index (χ2v) is 11.7. The van der Waals surface area contributed by atoms with Crippen molar-refractivity contribution < 1.29 is 4.74 Å². The predicted octanol–water partition coefficient (Wildman–Crippen LogP) is 10.3. The van der Waals surface area contributed by atoms with Crippen LogP contribution in [-0.2, 0) is 0 Å². The molecule has 0 aliphatic heterocycles. The monoisotopic (exact) mass is 561 g/mol. The first-order valence-corrected chi connectivity index (χ1v) is 14.8. The molecule has 0 radical (unpaired) electrons. The van der Waals surface area contributed by atoms with Gasteiger partial charge in [0.15, 0.2) is 0 Å². The number of hydrogen-bond donors (Lipinski definition) is 0. The van der Waals surface area contributed by atoms with Gasteiger partial charge in [0, 0.05) is 39.8 Å². The minimum absolute atomic E-state index is 0.786. The van der Waals surface area contributed by atoms with Crippen molar-refractivity contribution >= 4 is 21.8 Å². The van der Waals surface area contributed by atoms with E-state index in [-0.39, 0.29) is 0 Å². The second-order valence-electron chi connectivity index (χ2n) is 11.7. The Morgan fingerprint density at radius 3 is 2.05 bits per heavy atom. The van der Waals surface area contributed by atoms with E-state index in [1.165, 1.54) is 44.1 Å². The first-order chi connectivity index (χ1) is 20.8. The zero-order valence-electron chi connectivity index (χ0n) is 25.6. The van der Waals surface area contributed by atoms with E-state index in [1.807, 2.05) is 0 Å². The van der Waals surface area contributed by atoms with Gasteiger partial charge in [0.2, 0.25) is 0 Å². The molecule has 0 saturated heterocycles. The summed E-state index contributed by atoms with van der Waals surface area (Å²) in [6.45, 7) is 12.8. The van der Waals surface area contributed by atoms with E-state index in [0.717, 1.165) is 45.3 Å². The third-order valence-electron chi connectivity index (χ3n) is 8.44. The van der Waals surface area contributed by atoms with Gasteiger partial charge < -0.3 is 9.30 Å². The van der Waals surface area contributed by atoms with Crippen molar-refractivity contribution in [3.8, 4) is 34.0 Å². The molecule has 0 aliphatic rings. The van der Waals surface area contributed by atoms with Crippen LogP contribution in [0.3, 0.4) is 0 Å². The van der Waals surface area contributed by atoms with Gasteiger partial charge in [-0.25, -0.2) is 4.68 Å². The molecule has 212 valence electrons. The summed E-state index contributed by atoms with van der Waals surface area (Å²) < 4.78 is 11.0. The quantitative estimate of drug-likeness (QED) is 0.209. The molecule has 0 saturated carbocycles. The lowest BCUT2D eigenvalue weighted by Gasteiger charge is -2.13. The molecule has 0 amide bonds. The molecule has 2 heterocycles. The minimum Gasteiger partial charge on any atom is -0.457 e.